The maximum Gasteiger partial charge on any atom is 0.173 e. The first-order chi connectivity index (χ1) is 13.6. The zero-order valence-electron chi connectivity index (χ0n) is 15.6. The monoisotopic (exact) mass is 436 g/mol. The Hall–Kier alpha value is -2.30. The van der Waals surface area contributed by atoms with Crippen LogP contribution < -0.4 is 9.47 Å². The second-order valence-electron chi connectivity index (χ2n) is 7.57. The summed E-state index contributed by atoms with van der Waals surface area (Å²) >= 11 is 3.53. The standard InChI is InChI=1S/C24H21BrO3/c1-27-19-11-12-21-22(15-19)28-24(17-7-9-18(25)10-8-17)20(13-14-23(21,24)26)16-5-3-2-4-6-16/h2-12,15,20,26H,13-14H2,1H3/t20?,23-,24?/m1/s1. The molecule has 0 bridgehead atoms. The van der Waals surface area contributed by atoms with E-state index in [0.29, 0.717) is 12.2 Å². The van der Waals surface area contributed by atoms with Crippen molar-refractivity contribution < 1.29 is 14.6 Å². The molecule has 28 heavy (non-hydrogen) atoms. The lowest BCUT2D eigenvalue weighted by atomic mass is 9.72. The summed E-state index contributed by atoms with van der Waals surface area (Å²) in [5.74, 6) is 1.47. The molecule has 0 amide bonds. The van der Waals surface area contributed by atoms with Crippen molar-refractivity contribution in [3.8, 4) is 11.5 Å². The van der Waals surface area contributed by atoms with Gasteiger partial charge < -0.3 is 14.6 Å². The molecule has 3 atom stereocenters. The zero-order valence-corrected chi connectivity index (χ0v) is 17.1. The second-order valence-corrected chi connectivity index (χ2v) is 8.48. The highest BCUT2D eigenvalue weighted by molar-refractivity contribution is 9.10. The first-order valence-corrected chi connectivity index (χ1v) is 10.3. The Labute approximate surface area is 173 Å². The predicted molar refractivity (Wildman–Crippen MR) is 112 cm³/mol. The van der Waals surface area contributed by atoms with Gasteiger partial charge in [0.15, 0.2) is 5.60 Å². The minimum absolute atomic E-state index is 0.0401. The molecule has 3 nitrogen and oxygen atoms in total. The van der Waals surface area contributed by atoms with Crippen LogP contribution in [-0.2, 0) is 11.2 Å². The Balaban J connectivity index is 1.75. The molecule has 2 unspecified atom stereocenters. The molecule has 5 rings (SSSR count). The number of rotatable bonds is 3. The third-order valence-corrected chi connectivity index (χ3v) is 6.81. The lowest BCUT2D eigenvalue weighted by molar-refractivity contribution is -0.105. The summed E-state index contributed by atoms with van der Waals surface area (Å²) in [5.41, 5.74) is 1.04. The molecule has 0 radical (unpaired) electrons. The Morgan fingerprint density at radius 3 is 2.50 bits per heavy atom. The highest BCUT2D eigenvalue weighted by Gasteiger charge is 2.68. The van der Waals surface area contributed by atoms with Gasteiger partial charge in [-0.2, -0.15) is 0 Å². The smallest absolute Gasteiger partial charge is 0.173 e. The summed E-state index contributed by atoms with van der Waals surface area (Å²) in [6.07, 6.45) is 1.49. The van der Waals surface area contributed by atoms with E-state index in [4.69, 9.17) is 9.47 Å². The molecule has 142 valence electrons. The van der Waals surface area contributed by atoms with Gasteiger partial charge in [0.05, 0.1) is 7.11 Å². The normalized spacial score (nSPS) is 27.8. The van der Waals surface area contributed by atoms with Gasteiger partial charge in [-0.3, -0.25) is 0 Å². The van der Waals surface area contributed by atoms with Gasteiger partial charge in [-0.05, 0) is 48.2 Å². The van der Waals surface area contributed by atoms with E-state index >= 15 is 0 Å². The molecule has 1 aliphatic heterocycles. The minimum atomic E-state index is -1.09. The first-order valence-electron chi connectivity index (χ1n) is 9.49. The van der Waals surface area contributed by atoms with E-state index in [0.717, 1.165) is 27.8 Å². The molecule has 0 saturated heterocycles. The van der Waals surface area contributed by atoms with Crippen LogP contribution in [0.5, 0.6) is 11.5 Å². The van der Waals surface area contributed by atoms with Gasteiger partial charge in [0.2, 0.25) is 0 Å². The van der Waals surface area contributed by atoms with Crippen LogP contribution in [0.1, 0.15) is 35.4 Å². The summed E-state index contributed by atoms with van der Waals surface area (Å²) in [6, 6.07) is 24.2. The van der Waals surface area contributed by atoms with Gasteiger partial charge in [-0.15, -0.1) is 0 Å². The molecule has 1 fully saturated rings. The second kappa shape index (κ2) is 6.36. The van der Waals surface area contributed by atoms with Crippen LogP contribution in [0.4, 0.5) is 0 Å². The van der Waals surface area contributed by atoms with E-state index in [1.54, 1.807) is 7.11 Å². The highest BCUT2D eigenvalue weighted by atomic mass is 79.9. The van der Waals surface area contributed by atoms with Gasteiger partial charge in [-0.25, -0.2) is 0 Å². The number of hydrogen-bond donors (Lipinski definition) is 1. The third-order valence-electron chi connectivity index (χ3n) is 6.28. The number of aliphatic hydroxyl groups is 1. The fraction of sp³-hybridized carbons (Fsp3) is 0.250. The molecule has 1 N–H and O–H groups in total. The fourth-order valence-corrected chi connectivity index (χ4v) is 5.30. The molecular formula is C24H21BrO3. The fourth-order valence-electron chi connectivity index (χ4n) is 5.03. The Kier molecular flexibility index (Phi) is 4.04. The maximum atomic E-state index is 12.1. The molecule has 1 heterocycles. The van der Waals surface area contributed by atoms with Crippen molar-refractivity contribution in [1.82, 2.24) is 0 Å². The predicted octanol–water partition coefficient (Wildman–Crippen LogP) is 5.51. The molecule has 1 saturated carbocycles. The van der Waals surface area contributed by atoms with Crippen molar-refractivity contribution in [3.05, 3.63) is 94.0 Å². The Morgan fingerprint density at radius 2 is 1.79 bits per heavy atom. The van der Waals surface area contributed by atoms with Crippen LogP contribution in [0.3, 0.4) is 0 Å². The summed E-state index contributed by atoms with van der Waals surface area (Å²) < 4.78 is 13.1. The zero-order chi connectivity index (χ0) is 19.4. The average Bonchev–Trinajstić information content (AvgIpc) is 3.16. The number of methoxy groups -OCH3 is 1. The van der Waals surface area contributed by atoms with Crippen molar-refractivity contribution >= 4 is 15.9 Å². The van der Waals surface area contributed by atoms with Gasteiger partial charge in [0, 0.05) is 22.0 Å². The van der Waals surface area contributed by atoms with Gasteiger partial charge in [0.1, 0.15) is 17.1 Å². The molecule has 4 heteroatoms. The Bertz CT molecular complexity index is 1020. The van der Waals surface area contributed by atoms with Gasteiger partial charge in [0.25, 0.3) is 0 Å². The molecular weight excluding hydrogens is 416 g/mol. The van der Waals surface area contributed by atoms with Gasteiger partial charge >= 0.3 is 0 Å². The minimum Gasteiger partial charge on any atom is -0.497 e. The van der Waals surface area contributed by atoms with Crippen molar-refractivity contribution in [1.29, 1.82) is 0 Å². The highest BCUT2D eigenvalue weighted by Crippen LogP contribution is 2.66. The summed E-state index contributed by atoms with van der Waals surface area (Å²) in [4.78, 5) is 0. The third kappa shape index (κ3) is 2.31. The van der Waals surface area contributed by atoms with Crippen LogP contribution >= 0.6 is 15.9 Å². The van der Waals surface area contributed by atoms with Crippen molar-refractivity contribution in [2.24, 2.45) is 0 Å². The molecule has 1 aliphatic carbocycles. The van der Waals surface area contributed by atoms with Crippen molar-refractivity contribution in [3.63, 3.8) is 0 Å². The number of fused-ring (bicyclic) bond motifs is 3. The molecule has 3 aromatic rings. The molecule has 2 aliphatic rings. The number of hydrogen-bond acceptors (Lipinski definition) is 3. The van der Waals surface area contributed by atoms with Crippen LogP contribution in [0.25, 0.3) is 0 Å². The largest absolute Gasteiger partial charge is 0.497 e. The molecule has 0 spiro atoms. The van der Waals surface area contributed by atoms with E-state index in [9.17, 15) is 5.11 Å². The topological polar surface area (TPSA) is 38.7 Å². The van der Waals surface area contributed by atoms with Crippen LogP contribution in [0.15, 0.2) is 77.3 Å². The average molecular weight is 437 g/mol. The Morgan fingerprint density at radius 1 is 1.04 bits per heavy atom. The SMILES string of the molecule is COc1ccc2c(c1)OC1(c3ccc(Br)cc3)C(c3ccccc3)CC[C@@]21O. The molecule has 0 aromatic heterocycles. The first kappa shape index (κ1) is 17.8. The number of ether oxygens (including phenoxy) is 2. The van der Waals surface area contributed by atoms with E-state index in [2.05, 4.69) is 40.2 Å². The summed E-state index contributed by atoms with van der Waals surface area (Å²) in [6.45, 7) is 0. The molecule has 3 aromatic carbocycles. The maximum absolute atomic E-state index is 12.1. The lowest BCUT2D eigenvalue weighted by Gasteiger charge is -2.40. The summed E-state index contributed by atoms with van der Waals surface area (Å²) in [5, 5.41) is 12.1. The van der Waals surface area contributed by atoms with E-state index < -0.39 is 11.2 Å². The quantitative estimate of drug-likeness (QED) is 0.587. The van der Waals surface area contributed by atoms with E-state index in [1.165, 1.54) is 5.56 Å². The number of halogens is 1. The summed E-state index contributed by atoms with van der Waals surface area (Å²) in [7, 11) is 1.64. The van der Waals surface area contributed by atoms with E-state index in [-0.39, 0.29) is 5.92 Å². The lowest BCUT2D eigenvalue weighted by Crippen LogP contribution is -2.47. The number of benzene rings is 3. The van der Waals surface area contributed by atoms with Crippen LogP contribution in [0.2, 0.25) is 0 Å². The van der Waals surface area contributed by atoms with E-state index in [1.807, 2.05) is 48.5 Å². The van der Waals surface area contributed by atoms with Crippen LogP contribution in [-0.4, -0.2) is 12.2 Å². The van der Waals surface area contributed by atoms with Gasteiger partial charge in [-0.1, -0.05) is 58.4 Å². The van der Waals surface area contributed by atoms with Crippen molar-refractivity contribution in [2.75, 3.05) is 7.11 Å². The van der Waals surface area contributed by atoms with Crippen molar-refractivity contribution in [2.45, 2.75) is 30.0 Å². The van der Waals surface area contributed by atoms with Crippen LogP contribution in [0, 0.1) is 0 Å².